The van der Waals surface area contributed by atoms with Crippen molar-refractivity contribution in [1.29, 1.82) is 0 Å². The second kappa shape index (κ2) is 5.41. The van der Waals surface area contributed by atoms with E-state index in [0.29, 0.717) is 0 Å². The summed E-state index contributed by atoms with van der Waals surface area (Å²) in [6.07, 6.45) is 4.33. The van der Waals surface area contributed by atoms with Crippen LogP contribution in [0.5, 0.6) is 0 Å². The van der Waals surface area contributed by atoms with Gasteiger partial charge in [-0.25, -0.2) is 0 Å². The van der Waals surface area contributed by atoms with Crippen molar-refractivity contribution in [1.82, 2.24) is 9.88 Å². The summed E-state index contributed by atoms with van der Waals surface area (Å²) < 4.78 is 2.33. The molecule has 1 heterocycles. The lowest BCUT2D eigenvalue weighted by atomic mass is 10.1. The molecule has 0 saturated carbocycles. The minimum Gasteiger partial charge on any atom is -0.347 e. The zero-order chi connectivity index (χ0) is 11.4. The van der Waals surface area contributed by atoms with Crippen molar-refractivity contribution in [2.24, 2.45) is 0 Å². The van der Waals surface area contributed by atoms with Gasteiger partial charge in [0, 0.05) is 30.6 Å². The Hall–Kier alpha value is -0.930. The van der Waals surface area contributed by atoms with Gasteiger partial charge >= 0.3 is 0 Å². The lowest BCUT2D eigenvalue weighted by Gasteiger charge is -2.05. The molecule has 2 rings (SSSR count). The van der Waals surface area contributed by atoms with Crippen LogP contribution in [0.25, 0.3) is 10.9 Å². The van der Waals surface area contributed by atoms with Crippen LogP contribution >= 0.6 is 11.8 Å². The maximum Gasteiger partial charge on any atom is 0.0480 e. The van der Waals surface area contributed by atoms with E-state index in [9.17, 15) is 0 Å². The highest BCUT2D eigenvalue weighted by Gasteiger charge is 2.01. The second-order valence-electron chi connectivity index (χ2n) is 3.93. The molecule has 0 saturated heterocycles. The van der Waals surface area contributed by atoms with Gasteiger partial charge in [0.2, 0.25) is 0 Å². The fourth-order valence-electron chi connectivity index (χ4n) is 1.95. The normalized spacial score (nSPS) is 11.1. The van der Waals surface area contributed by atoms with Crippen LogP contribution in [0.1, 0.15) is 5.56 Å². The van der Waals surface area contributed by atoms with Crippen molar-refractivity contribution in [2.45, 2.75) is 13.1 Å². The Morgan fingerprint density at radius 2 is 2.19 bits per heavy atom. The highest BCUT2D eigenvalue weighted by atomic mass is 32.2. The highest BCUT2D eigenvalue weighted by Crippen LogP contribution is 2.18. The largest absolute Gasteiger partial charge is 0.347 e. The maximum atomic E-state index is 3.18. The van der Waals surface area contributed by atoms with Crippen LogP contribution in [0, 0.1) is 0 Å². The van der Waals surface area contributed by atoms with E-state index < -0.39 is 0 Å². The van der Waals surface area contributed by atoms with Gasteiger partial charge in [-0.2, -0.15) is 11.8 Å². The molecule has 0 aliphatic carbocycles. The van der Waals surface area contributed by atoms with E-state index in [1.807, 2.05) is 18.8 Å². The lowest BCUT2D eigenvalue weighted by molar-refractivity contribution is 0.805. The summed E-state index contributed by atoms with van der Waals surface area (Å²) in [6.45, 7) is 2.03. The van der Waals surface area contributed by atoms with E-state index in [-0.39, 0.29) is 0 Å². The van der Waals surface area contributed by atoms with E-state index >= 15 is 0 Å². The molecule has 2 aromatic rings. The van der Waals surface area contributed by atoms with Gasteiger partial charge < -0.3 is 9.88 Å². The number of thioether (sulfide) groups is 1. The molecule has 0 atom stereocenters. The zero-order valence-electron chi connectivity index (χ0n) is 9.86. The van der Waals surface area contributed by atoms with E-state index in [1.165, 1.54) is 22.2 Å². The Morgan fingerprint density at radius 1 is 1.31 bits per heavy atom. The fourth-order valence-corrected chi connectivity index (χ4v) is 2.33. The number of rotatable bonds is 5. The summed E-state index contributed by atoms with van der Waals surface area (Å²) >= 11 is 1.89. The third kappa shape index (κ3) is 2.42. The molecular weight excluding hydrogens is 216 g/mol. The third-order valence-corrected chi connectivity index (χ3v) is 3.34. The Balaban J connectivity index is 2.27. The lowest BCUT2D eigenvalue weighted by Crippen LogP contribution is -2.04. The second-order valence-corrected chi connectivity index (χ2v) is 4.91. The van der Waals surface area contributed by atoms with Gasteiger partial charge in [0.1, 0.15) is 0 Å². The molecule has 0 bridgehead atoms. The first kappa shape index (κ1) is 11.6. The fraction of sp³-hybridized carbons (Fsp3) is 0.385. The first-order valence-corrected chi connectivity index (χ1v) is 6.96. The van der Waals surface area contributed by atoms with Gasteiger partial charge in [0.15, 0.2) is 0 Å². The van der Waals surface area contributed by atoms with Gasteiger partial charge in [-0.05, 0) is 42.5 Å². The summed E-state index contributed by atoms with van der Waals surface area (Å²) in [5.41, 5.74) is 2.69. The van der Waals surface area contributed by atoms with Crippen LogP contribution in [0.15, 0.2) is 30.5 Å². The number of nitrogens with one attached hydrogen (secondary N) is 1. The smallest absolute Gasteiger partial charge is 0.0480 e. The number of fused-ring (bicyclic) bond motifs is 1. The number of nitrogens with zero attached hydrogens (tertiary/aromatic N) is 1. The molecule has 0 amide bonds. The standard InChI is InChI=1S/C13H18N2S/c1-14-10-11-3-4-13-12(9-11)5-6-15(13)7-8-16-2/h3-6,9,14H,7-8,10H2,1-2H3. The van der Waals surface area contributed by atoms with Gasteiger partial charge in [0.05, 0.1) is 0 Å². The molecule has 2 nitrogen and oxygen atoms in total. The SMILES string of the molecule is CNCc1ccc2c(ccn2CCSC)c1. The van der Waals surface area contributed by atoms with Crippen molar-refractivity contribution in [3.63, 3.8) is 0 Å². The van der Waals surface area contributed by atoms with Gasteiger partial charge in [-0.15, -0.1) is 0 Å². The summed E-state index contributed by atoms with van der Waals surface area (Å²) in [5.74, 6) is 1.17. The van der Waals surface area contributed by atoms with Crippen LogP contribution in [-0.2, 0) is 13.1 Å². The third-order valence-electron chi connectivity index (χ3n) is 2.75. The minimum atomic E-state index is 0.936. The highest BCUT2D eigenvalue weighted by molar-refractivity contribution is 7.98. The van der Waals surface area contributed by atoms with Gasteiger partial charge in [-0.3, -0.25) is 0 Å². The minimum absolute atomic E-state index is 0.936. The average molecular weight is 234 g/mol. The number of aryl methyl sites for hydroxylation is 1. The number of hydrogen-bond acceptors (Lipinski definition) is 2. The van der Waals surface area contributed by atoms with Crippen molar-refractivity contribution >= 4 is 22.7 Å². The van der Waals surface area contributed by atoms with Crippen molar-refractivity contribution in [2.75, 3.05) is 19.1 Å². The molecule has 86 valence electrons. The molecule has 1 aromatic heterocycles. The molecule has 3 heteroatoms. The van der Waals surface area contributed by atoms with Crippen LogP contribution in [0.4, 0.5) is 0 Å². The summed E-state index contributed by atoms with van der Waals surface area (Å²) in [5, 5.41) is 4.52. The van der Waals surface area contributed by atoms with E-state index in [1.54, 1.807) is 0 Å². The Morgan fingerprint density at radius 3 is 2.94 bits per heavy atom. The van der Waals surface area contributed by atoms with Crippen LogP contribution in [0.2, 0.25) is 0 Å². The predicted molar refractivity (Wildman–Crippen MR) is 73.1 cm³/mol. The molecule has 0 fully saturated rings. The molecule has 1 aromatic carbocycles. The Kier molecular flexibility index (Phi) is 3.91. The topological polar surface area (TPSA) is 17.0 Å². The van der Waals surface area contributed by atoms with E-state index in [2.05, 4.69) is 46.6 Å². The molecule has 0 spiro atoms. The van der Waals surface area contributed by atoms with Crippen LogP contribution < -0.4 is 5.32 Å². The van der Waals surface area contributed by atoms with Crippen LogP contribution in [-0.4, -0.2) is 23.6 Å². The van der Waals surface area contributed by atoms with Crippen LogP contribution in [0.3, 0.4) is 0 Å². The molecule has 0 aliphatic rings. The molecule has 1 N–H and O–H groups in total. The van der Waals surface area contributed by atoms with E-state index in [0.717, 1.165) is 13.1 Å². The number of aromatic nitrogens is 1. The maximum absolute atomic E-state index is 3.18. The summed E-state index contributed by atoms with van der Waals surface area (Å²) in [4.78, 5) is 0. The molecule has 16 heavy (non-hydrogen) atoms. The first-order chi connectivity index (χ1) is 7.85. The van der Waals surface area contributed by atoms with E-state index in [4.69, 9.17) is 0 Å². The zero-order valence-corrected chi connectivity index (χ0v) is 10.7. The Bertz CT molecular complexity index is 462. The Labute approximate surface area is 101 Å². The molecular formula is C13H18N2S. The first-order valence-electron chi connectivity index (χ1n) is 5.56. The summed E-state index contributed by atoms with van der Waals surface area (Å²) in [6, 6.07) is 8.90. The van der Waals surface area contributed by atoms with Gasteiger partial charge in [0.25, 0.3) is 0 Å². The van der Waals surface area contributed by atoms with Crippen molar-refractivity contribution < 1.29 is 0 Å². The van der Waals surface area contributed by atoms with Crippen molar-refractivity contribution in [3.8, 4) is 0 Å². The summed E-state index contributed by atoms with van der Waals surface area (Å²) in [7, 11) is 1.98. The number of hydrogen-bond donors (Lipinski definition) is 1. The van der Waals surface area contributed by atoms with Crippen molar-refractivity contribution in [3.05, 3.63) is 36.0 Å². The quantitative estimate of drug-likeness (QED) is 0.856. The molecule has 0 aliphatic heterocycles. The average Bonchev–Trinajstić information content (AvgIpc) is 2.69. The monoisotopic (exact) mass is 234 g/mol. The number of benzene rings is 1. The molecule has 0 radical (unpaired) electrons. The van der Waals surface area contributed by atoms with Gasteiger partial charge in [-0.1, -0.05) is 6.07 Å². The predicted octanol–water partition coefficient (Wildman–Crippen LogP) is 2.72. The molecule has 0 unspecified atom stereocenters.